The Kier molecular flexibility index (Phi) is 3.86. The highest BCUT2D eigenvalue weighted by molar-refractivity contribution is 6.01. The third-order valence-electron chi connectivity index (χ3n) is 3.50. The molecule has 0 atom stereocenters. The van der Waals surface area contributed by atoms with Crippen LogP contribution in [0.5, 0.6) is 0 Å². The van der Waals surface area contributed by atoms with Crippen molar-refractivity contribution in [3.63, 3.8) is 0 Å². The fourth-order valence-corrected chi connectivity index (χ4v) is 2.37. The fraction of sp³-hybridized carbons (Fsp3) is 0.333. The fourth-order valence-electron chi connectivity index (χ4n) is 2.37. The van der Waals surface area contributed by atoms with E-state index in [0.29, 0.717) is 18.9 Å². The molecule has 0 unspecified atom stereocenters. The highest BCUT2D eigenvalue weighted by Gasteiger charge is 2.35. The van der Waals surface area contributed by atoms with Crippen molar-refractivity contribution >= 4 is 11.9 Å². The molecule has 22 heavy (non-hydrogen) atoms. The molecule has 0 saturated carbocycles. The average molecular weight is 300 g/mol. The summed E-state index contributed by atoms with van der Waals surface area (Å²) in [4.78, 5) is 35.3. The zero-order valence-corrected chi connectivity index (χ0v) is 12.2. The average Bonchev–Trinajstić information content (AvgIpc) is 3.04. The van der Waals surface area contributed by atoms with Crippen LogP contribution in [0.15, 0.2) is 35.2 Å². The van der Waals surface area contributed by atoms with Gasteiger partial charge in [0.05, 0.1) is 12.2 Å². The first-order valence-corrected chi connectivity index (χ1v) is 7.02. The van der Waals surface area contributed by atoms with Gasteiger partial charge in [-0.3, -0.25) is 14.7 Å². The number of carbonyl (C=O) groups excluding carboxylic acids is 2. The molecule has 114 valence electrons. The van der Waals surface area contributed by atoms with Gasteiger partial charge in [0, 0.05) is 32.3 Å². The van der Waals surface area contributed by atoms with Crippen LogP contribution in [0.25, 0.3) is 0 Å². The van der Waals surface area contributed by atoms with E-state index in [9.17, 15) is 9.59 Å². The van der Waals surface area contributed by atoms with E-state index in [1.54, 1.807) is 31.6 Å². The monoisotopic (exact) mass is 300 g/mol. The van der Waals surface area contributed by atoms with Gasteiger partial charge in [-0.15, -0.1) is 0 Å². The van der Waals surface area contributed by atoms with Crippen LogP contribution >= 0.6 is 0 Å². The molecule has 3 rings (SSSR count). The second kappa shape index (κ2) is 5.97. The largest absolute Gasteiger partial charge is 0.449 e. The number of nitrogens with zero attached hydrogens (tertiary/aromatic N) is 4. The van der Waals surface area contributed by atoms with E-state index in [0.717, 1.165) is 11.3 Å². The van der Waals surface area contributed by atoms with Crippen molar-refractivity contribution in [2.75, 3.05) is 13.1 Å². The van der Waals surface area contributed by atoms with Crippen LogP contribution in [0.4, 0.5) is 4.79 Å². The van der Waals surface area contributed by atoms with E-state index >= 15 is 0 Å². The van der Waals surface area contributed by atoms with Gasteiger partial charge in [-0.25, -0.2) is 9.78 Å². The number of rotatable bonds is 5. The summed E-state index contributed by atoms with van der Waals surface area (Å²) in [5.74, 6) is 0.405. The summed E-state index contributed by atoms with van der Waals surface area (Å²) < 4.78 is 5.13. The van der Waals surface area contributed by atoms with Crippen molar-refractivity contribution in [1.29, 1.82) is 0 Å². The van der Waals surface area contributed by atoms with Gasteiger partial charge in [0.15, 0.2) is 5.89 Å². The lowest BCUT2D eigenvalue weighted by Crippen LogP contribution is -2.33. The van der Waals surface area contributed by atoms with Crippen LogP contribution in [-0.4, -0.2) is 44.8 Å². The van der Waals surface area contributed by atoms with Gasteiger partial charge in [0.25, 0.3) is 5.91 Å². The molecule has 1 fully saturated rings. The summed E-state index contributed by atoms with van der Waals surface area (Å²) >= 11 is 0. The number of urea groups is 1. The molecule has 7 heteroatoms. The second-order valence-corrected chi connectivity index (χ2v) is 5.15. The van der Waals surface area contributed by atoms with Crippen LogP contribution in [0, 0.1) is 6.92 Å². The number of imide groups is 1. The van der Waals surface area contributed by atoms with E-state index in [1.807, 2.05) is 6.07 Å². The number of aryl methyl sites for hydroxylation is 1. The van der Waals surface area contributed by atoms with E-state index in [1.165, 1.54) is 9.80 Å². The molecule has 0 N–H and O–H groups in total. The van der Waals surface area contributed by atoms with Crippen molar-refractivity contribution in [2.24, 2.45) is 0 Å². The number of carbonyl (C=O) groups is 2. The summed E-state index contributed by atoms with van der Waals surface area (Å²) in [6.07, 6.45) is 5.45. The predicted molar refractivity (Wildman–Crippen MR) is 76.7 cm³/mol. The third-order valence-corrected chi connectivity index (χ3v) is 3.50. The second-order valence-electron chi connectivity index (χ2n) is 5.15. The van der Waals surface area contributed by atoms with Crippen molar-refractivity contribution in [3.05, 3.63) is 47.9 Å². The van der Waals surface area contributed by atoms with Gasteiger partial charge in [-0.2, -0.15) is 0 Å². The van der Waals surface area contributed by atoms with Gasteiger partial charge in [-0.05, 0) is 11.6 Å². The molecule has 1 aliphatic rings. The molecule has 0 aromatic carbocycles. The SMILES string of the molecule is Cc1nc(CCN2CC(=O)N(Cc3cccnc3)C2=O)co1. The number of oxazole rings is 1. The Balaban J connectivity index is 1.61. The molecule has 0 aliphatic carbocycles. The lowest BCUT2D eigenvalue weighted by Gasteiger charge is -2.16. The molecule has 2 aromatic rings. The van der Waals surface area contributed by atoms with Gasteiger partial charge in [-0.1, -0.05) is 6.07 Å². The Labute approximate surface area is 127 Å². The first-order valence-electron chi connectivity index (χ1n) is 7.02. The molecule has 0 spiro atoms. The van der Waals surface area contributed by atoms with Crippen LogP contribution in [0.3, 0.4) is 0 Å². The molecule has 3 heterocycles. The number of pyridine rings is 1. The van der Waals surface area contributed by atoms with Crippen LogP contribution in [0.1, 0.15) is 17.1 Å². The molecule has 3 amide bonds. The highest BCUT2D eigenvalue weighted by Crippen LogP contribution is 2.15. The summed E-state index contributed by atoms with van der Waals surface area (Å²) in [5.41, 5.74) is 1.61. The Morgan fingerprint density at radius 3 is 2.91 bits per heavy atom. The van der Waals surface area contributed by atoms with Gasteiger partial charge in [0.2, 0.25) is 0 Å². The Morgan fingerprint density at radius 1 is 1.36 bits per heavy atom. The van der Waals surface area contributed by atoms with Crippen molar-refractivity contribution in [1.82, 2.24) is 19.8 Å². The zero-order valence-electron chi connectivity index (χ0n) is 12.2. The van der Waals surface area contributed by atoms with Crippen molar-refractivity contribution in [2.45, 2.75) is 19.9 Å². The van der Waals surface area contributed by atoms with Crippen LogP contribution in [-0.2, 0) is 17.8 Å². The van der Waals surface area contributed by atoms with Crippen molar-refractivity contribution < 1.29 is 14.0 Å². The van der Waals surface area contributed by atoms with E-state index in [4.69, 9.17) is 4.42 Å². The standard InChI is InChI=1S/C15H16N4O3/c1-11-17-13(10-22-11)4-6-18-9-14(20)19(15(18)21)8-12-3-2-5-16-7-12/h2-3,5,7,10H,4,6,8-9H2,1H3. The molecular formula is C15H16N4O3. The van der Waals surface area contributed by atoms with Gasteiger partial charge >= 0.3 is 6.03 Å². The Hall–Kier alpha value is -2.70. The minimum absolute atomic E-state index is 0.107. The Bertz CT molecular complexity index is 683. The number of hydrogen-bond donors (Lipinski definition) is 0. The summed E-state index contributed by atoms with van der Waals surface area (Å²) in [6.45, 7) is 2.57. The maximum atomic E-state index is 12.3. The molecule has 7 nitrogen and oxygen atoms in total. The lowest BCUT2D eigenvalue weighted by molar-refractivity contribution is -0.125. The number of aromatic nitrogens is 2. The number of amides is 3. The smallest absolute Gasteiger partial charge is 0.327 e. The van der Waals surface area contributed by atoms with Crippen LogP contribution in [0.2, 0.25) is 0 Å². The first-order chi connectivity index (χ1) is 10.6. The molecule has 1 aliphatic heterocycles. The first kappa shape index (κ1) is 14.2. The normalized spacial score (nSPS) is 15.0. The summed E-state index contributed by atoms with van der Waals surface area (Å²) in [5, 5.41) is 0. The van der Waals surface area contributed by atoms with E-state index < -0.39 is 0 Å². The van der Waals surface area contributed by atoms with E-state index in [-0.39, 0.29) is 25.0 Å². The topological polar surface area (TPSA) is 79.5 Å². The quantitative estimate of drug-likeness (QED) is 0.779. The molecular weight excluding hydrogens is 284 g/mol. The minimum atomic E-state index is -0.269. The highest BCUT2D eigenvalue weighted by atomic mass is 16.3. The van der Waals surface area contributed by atoms with Crippen LogP contribution < -0.4 is 0 Å². The minimum Gasteiger partial charge on any atom is -0.449 e. The number of hydrogen-bond acceptors (Lipinski definition) is 5. The molecule has 2 aromatic heterocycles. The molecule has 0 bridgehead atoms. The van der Waals surface area contributed by atoms with Crippen molar-refractivity contribution in [3.8, 4) is 0 Å². The molecule has 1 saturated heterocycles. The third kappa shape index (κ3) is 2.98. The van der Waals surface area contributed by atoms with E-state index in [2.05, 4.69) is 9.97 Å². The Morgan fingerprint density at radius 2 is 2.23 bits per heavy atom. The van der Waals surface area contributed by atoms with Gasteiger partial charge in [0.1, 0.15) is 12.8 Å². The van der Waals surface area contributed by atoms with Gasteiger partial charge < -0.3 is 9.32 Å². The lowest BCUT2D eigenvalue weighted by atomic mass is 10.3. The predicted octanol–water partition coefficient (Wildman–Crippen LogP) is 1.38. The summed E-state index contributed by atoms with van der Waals surface area (Å²) in [6, 6.07) is 3.36. The zero-order chi connectivity index (χ0) is 15.5. The maximum Gasteiger partial charge on any atom is 0.327 e. The molecule has 0 radical (unpaired) electrons. The maximum absolute atomic E-state index is 12.3. The summed E-state index contributed by atoms with van der Waals surface area (Å²) in [7, 11) is 0.